The topological polar surface area (TPSA) is 74.5 Å². The van der Waals surface area contributed by atoms with Crippen LogP contribution in [0.2, 0.25) is 0 Å². The lowest BCUT2D eigenvalue weighted by atomic mass is 9.89. The fraction of sp³-hybridized carbons (Fsp3) is 0.737. The zero-order valence-corrected chi connectivity index (χ0v) is 16.9. The Morgan fingerprint density at radius 1 is 1.23 bits per heavy atom. The van der Waals surface area contributed by atoms with Gasteiger partial charge in [-0.3, -0.25) is 9.48 Å². The van der Waals surface area contributed by atoms with E-state index in [-0.39, 0.29) is 12.5 Å². The summed E-state index contributed by atoms with van der Waals surface area (Å²) in [5.74, 6) is 1.43. The van der Waals surface area contributed by atoms with Crippen molar-refractivity contribution in [1.82, 2.24) is 25.3 Å². The van der Waals surface area contributed by atoms with Gasteiger partial charge in [0.2, 0.25) is 5.91 Å². The van der Waals surface area contributed by atoms with Crippen LogP contribution in [0, 0.1) is 19.8 Å². The summed E-state index contributed by atoms with van der Waals surface area (Å²) in [6.07, 6.45) is 6.54. The summed E-state index contributed by atoms with van der Waals surface area (Å²) in [6.45, 7) is 5.78. The van der Waals surface area contributed by atoms with E-state index in [9.17, 15) is 4.79 Å². The number of rotatable bonds is 6. The average molecular weight is 363 g/mol. The van der Waals surface area contributed by atoms with Crippen LogP contribution in [0.25, 0.3) is 0 Å². The summed E-state index contributed by atoms with van der Waals surface area (Å²) in [6, 6.07) is 0. The van der Waals surface area contributed by atoms with Gasteiger partial charge in [0.05, 0.1) is 18.8 Å². The van der Waals surface area contributed by atoms with Crippen molar-refractivity contribution in [3.63, 3.8) is 0 Å². The van der Waals surface area contributed by atoms with Crippen LogP contribution >= 0.6 is 0 Å². The van der Waals surface area contributed by atoms with Gasteiger partial charge < -0.3 is 15.5 Å². The van der Waals surface area contributed by atoms with E-state index in [1.807, 2.05) is 18.7 Å². The molecule has 1 amide bonds. The number of carbonyl (C=O) groups excluding carboxylic acids is 1. The maximum atomic E-state index is 11.9. The van der Waals surface area contributed by atoms with Gasteiger partial charge in [-0.25, -0.2) is 4.99 Å². The molecule has 0 spiro atoms. The lowest BCUT2D eigenvalue weighted by Gasteiger charge is -2.23. The number of nitrogens with one attached hydrogen (secondary N) is 2. The molecule has 1 heterocycles. The molecule has 1 saturated carbocycles. The zero-order valence-electron chi connectivity index (χ0n) is 16.9. The van der Waals surface area contributed by atoms with Gasteiger partial charge in [0.25, 0.3) is 0 Å². The minimum atomic E-state index is 0.0332. The van der Waals surface area contributed by atoms with E-state index in [1.165, 1.54) is 32.1 Å². The molecule has 0 unspecified atom stereocenters. The Balaban J connectivity index is 2.01. The average Bonchev–Trinajstić information content (AvgIpc) is 2.87. The molecule has 0 atom stereocenters. The van der Waals surface area contributed by atoms with E-state index >= 15 is 0 Å². The number of carbonyl (C=O) groups is 1. The van der Waals surface area contributed by atoms with Gasteiger partial charge in [-0.2, -0.15) is 5.10 Å². The Morgan fingerprint density at radius 2 is 1.92 bits per heavy atom. The van der Waals surface area contributed by atoms with Crippen molar-refractivity contribution in [2.75, 3.05) is 27.2 Å². The van der Waals surface area contributed by atoms with Crippen molar-refractivity contribution < 1.29 is 4.79 Å². The molecular weight excluding hydrogens is 328 g/mol. The van der Waals surface area contributed by atoms with Crippen molar-refractivity contribution in [3.8, 4) is 0 Å². The second-order valence-corrected chi connectivity index (χ2v) is 7.46. The molecule has 1 aliphatic rings. The van der Waals surface area contributed by atoms with Crippen LogP contribution in [0.1, 0.15) is 49.1 Å². The Bertz CT molecular complexity index is 628. The first-order chi connectivity index (χ1) is 12.4. The van der Waals surface area contributed by atoms with Crippen molar-refractivity contribution in [1.29, 1.82) is 0 Å². The van der Waals surface area contributed by atoms with Crippen LogP contribution in [-0.2, 0) is 18.4 Å². The second-order valence-electron chi connectivity index (χ2n) is 7.46. The molecular formula is C19H34N6O. The fourth-order valence-corrected chi connectivity index (χ4v) is 3.33. The zero-order chi connectivity index (χ0) is 19.1. The van der Waals surface area contributed by atoms with Gasteiger partial charge >= 0.3 is 0 Å². The van der Waals surface area contributed by atoms with Crippen LogP contribution in [0.5, 0.6) is 0 Å². The first kappa shape index (κ1) is 20.3. The predicted octanol–water partition coefficient (Wildman–Crippen LogP) is 1.74. The van der Waals surface area contributed by atoms with Crippen LogP contribution in [0.15, 0.2) is 4.99 Å². The van der Waals surface area contributed by atoms with Crippen molar-refractivity contribution in [3.05, 3.63) is 17.0 Å². The molecule has 0 aliphatic heterocycles. The number of guanidine groups is 1. The third-order valence-electron chi connectivity index (χ3n) is 5.24. The lowest BCUT2D eigenvalue weighted by molar-refractivity contribution is -0.127. The van der Waals surface area contributed by atoms with Crippen LogP contribution in [0.3, 0.4) is 0 Å². The van der Waals surface area contributed by atoms with E-state index in [4.69, 9.17) is 4.99 Å². The highest BCUT2D eigenvalue weighted by Crippen LogP contribution is 2.22. The molecule has 0 aromatic carbocycles. The monoisotopic (exact) mass is 362 g/mol. The minimum Gasteiger partial charge on any atom is -0.356 e. The molecule has 2 rings (SSSR count). The molecule has 1 fully saturated rings. The second kappa shape index (κ2) is 9.59. The molecule has 2 N–H and O–H groups in total. The van der Waals surface area contributed by atoms with Gasteiger partial charge in [-0.1, -0.05) is 19.3 Å². The standard InChI is InChI=1S/C19H34N6O/c1-14-17(15(2)25(5)23-14)12-21-19(22-13-18(26)24(3)4)20-11-16-9-7-6-8-10-16/h16H,6-13H2,1-5H3,(H2,20,21,22). The van der Waals surface area contributed by atoms with Gasteiger partial charge in [-0.05, 0) is 32.6 Å². The predicted molar refractivity (Wildman–Crippen MR) is 105 cm³/mol. The highest BCUT2D eigenvalue weighted by molar-refractivity contribution is 5.86. The van der Waals surface area contributed by atoms with E-state index in [0.29, 0.717) is 18.4 Å². The highest BCUT2D eigenvalue weighted by Gasteiger charge is 2.15. The number of likely N-dealkylation sites (N-methyl/N-ethyl adjacent to an activating group) is 1. The Labute approximate surface area is 157 Å². The lowest BCUT2D eigenvalue weighted by Crippen LogP contribution is -2.44. The van der Waals surface area contributed by atoms with Gasteiger partial charge in [0.15, 0.2) is 5.96 Å². The van der Waals surface area contributed by atoms with Gasteiger partial charge in [0, 0.05) is 38.9 Å². The number of aryl methyl sites for hydroxylation is 2. The Hall–Kier alpha value is -2.05. The van der Waals surface area contributed by atoms with E-state index in [1.54, 1.807) is 19.0 Å². The van der Waals surface area contributed by atoms with Crippen molar-refractivity contribution >= 4 is 11.9 Å². The number of nitrogens with zero attached hydrogens (tertiary/aromatic N) is 4. The fourth-order valence-electron chi connectivity index (χ4n) is 3.33. The molecule has 7 heteroatoms. The molecule has 0 saturated heterocycles. The quantitative estimate of drug-likeness (QED) is 0.597. The van der Waals surface area contributed by atoms with Gasteiger partial charge in [-0.15, -0.1) is 0 Å². The molecule has 146 valence electrons. The summed E-state index contributed by atoms with van der Waals surface area (Å²) < 4.78 is 1.89. The number of aromatic nitrogens is 2. The van der Waals surface area contributed by atoms with Crippen LogP contribution in [0.4, 0.5) is 0 Å². The smallest absolute Gasteiger partial charge is 0.241 e. The number of amides is 1. The highest BCUT2D eigenvalue weighted by atomic mass is 16.2. The third kappa shape index (κ3) is 5.75. The minimum absolute atomic E-state index is 0.0332. The number of hydrogen-bond donors (Lipinski definition) is 2. The molecule has 7 nitrogen and oxygen atoms in total. The molecule has 1 aliphatic carbocycles. The first-order valence-corrected chi connectivity index (χ1v) is 9.60. The van der Waals surface area contributed by atoms with Crippen LogP contribution < -0.4 is 10.6 Å². The Kier molecular flexibility index (Phi) is 7.48. The van der Waals surface area contributed by atoms with E-state index < -0.39 is 0 Å². The number of hydrogen-bond acceptors (Lipinski definition) is 3. The maximum absolute atomic E-state index is 11.9. The normalized spacial score (nSPS) is 15.8. The summed E-state index contributed by atoms with van der Waals surface area (Å²) in [5, 5.41) is 11.1. The molecule has 0 bridgehead atoms. The first-order valence-electron chi connectivity index (χ1n) is 9.60. The van der Waals surface area contributed by atoms with Gasteiger partial charge in [0.1, 0.15) is 0 Å². The third-order valence-corrected chi connectivity index (χ3v) is 5.24. The summed E-state index contributed by atoms with van der Waals surface area (Å²) in [5.41, 5.74) is 3.28. The van der Waals surface area contributed by atoms with Crippen molar-refractivity contribution in [2.24, 2.45) is 18.0 Å². The van der Waals surface area contributed by atoms with E-state index in [2.05, 4.69) is 22.7 Å². The number of aliphatic imine (C=N–C) groups is 1. The summed E-state index contributed by atoms with van der Waals surface area (Å²) in [7, 11) is 5.48. The molecule has 0 radical (unpaired) electrons. The molecule has 26 heavy (non-hydrogen) atoms. The maximum Gasteiger partial charge on any atom is 0.241 e. The Morgan fingerprint density at radius 3 is 2.50 bits per heavy atom. The van der Waals surface area contributed by atoms with Crippen LogP contribution in [-0.4, -0.2) is 53.7 Å². The molecule has 1 aromatic rings. The van der Waals surface area contributed by atoms with E-state index in [0.717, 1.165) is 23.5 Å². The summed E-state index contributed by atoms with van der Waals surface area (Å²) >= 11 is 0. The summed E-state index contributed by atoms with van der Waals surface area (Å²) in [4.78, 5) is 18.2. The largest absolute Gasteiger partial charge is 0.356 e. The molecule has 1 aromatic heterocycles. The SMILES string of the molecule is Cc1nn(C)c(C)c1CN=C(NCC(=O)N(C)C)NCC1CCCCC1. The van der Waals surface area contributed by atoms with Crippen molar-refractivity contribution in [2.45, 2.75) is 52.5 Å².